The average molecular weight is 358 g/mol. The number of hydrogen-bond donors (Lipinski definition) is 1. The molecular weight excluding hydrogens is 340 g/mol. The summed E-state index contributed by atoms with van der Waals surface area (Å²) in [5, 5.41) is 2.91. The lowest BCUT2D eigenvalue weighted by Crippen LogP contribution is -2.34. The van der Waals surface area contributed by atoms with E-state index in [1.165, 1.54) is 0 Å². The molecule has 0 radical (unpaired) electrons. The Balaban J connectivity index is 1.49. The molecule has 2 amide bonds. The molecule has 1 unspecified atom stereocenters. The third kappa shape index (κ3) is 3.19. The van der Waals surface area contributed by atoms with E-state index in [0.29, 0.717) is 6.54 Å². The maximum Gasteiger partial charge on any atom is 0.323 e. The largest absolute Gasteiger partial charge is 0.497 e. The fourth-order valence-electron chi connectivity index (χ4n) is 2.89. The predicted octanol–water partition coefficient (Wildman–Crippen LogP) is 3.70. The number of amides is 2. The maximum absolute atomic E-state index is 12.7. The van der Waals surface area contributed by atoms with Crippen molar-refractivity contribution >= 4 is 23.5 Å². The fraction of sp³-hybridized carbons (Fsp3) is 0.278. The zero-order chi connectivity index (χ0) is 17.2. The highest BCUT2D eigenvalue weighted by molar-refractivity contribution is 7.99. The zero-order valence-corrected chi connectivity index (χ0v) is 14.5. The van der Waals surface area contributed by atoms with E-state index < -0.39 is 0 Å². The van der Waals surface area contributed by atoms with E-state index in [4.69, 9.17) is 14.2 Å². The molecule has 2 aromatic carbocycles. The van der Waals surface area contributed by atoms with Gasteiger partial charge in [-0.15, -0.1) is 11.8 Å². The van der Waals surface area contributed by atoms with Crippen LogP contribution in [0.25, 0.3) is 0 Å². The number of urea groups is 1. The van der Waals surface area contributed by atoms with Gasteiger partial charge in [0.2, 0.25) is 6.79 Å². The van der Waals surface area contributed by atoms with Gasteiger partial charge in [0.1, 0.15) is 11.1 Å². The Labute approximate surface area is 150 Å². The summed E-state index contributed by atoms with van der Waals surface area (Å²) in [4.78, 5) is 14.5. The summed E-state index contributed by atoms with van der Waals surface area (Å²) in [6, 6.07) is 13.0. The second-order valence-electron chi connectivity index (χ2n) is 5.69. The zero-order valence-electron chi connectivity index (χ0n) is 13.7. The minimum absolute atomic E-state index is 0.0345. The van der Waals surface area contributed by atoms with Crippen LogP contribution in [0.2, 0.25) is 0 Å². The number of nitrogens with zero attached hydrogens (tertiary/aromatic N) is 1. The first-order chi connectivity index (χ1) is 12.2. The lowest BCUT2D eigenvalue weighted by molar-refractivity contribution is 0.174. The minimum atomic E-state index is -0.113. The third-order valence-corrected chi connectivity index (χ3v) is 5.44. The monoisotopic (exact) mass is 358 g/mol. The van der Waals surface area contributed by atoms with E-state index in [0.717, 1.165) is 34.3 Å². The Hall–Kier alpha value is -2.54. The summed E-state index contributed by atoms with van der Waals surface area (Å²) in [5.41, 5.74) is 1.78. The SMILES string of the molecule is COc1ccc(NC(=O)N2CCSC2c2ccc3c(c2)OCO3)cc1. The number of nitrogens with one attached hydrogen (secondary N) is 1. The Morgan fingerprint density at radius 1 is 1.20 bits per heavy atom. The van der Waals surface area contributed by atoms with Gasteiger partial charge in [-0.1, -0.05) is 6.07 Å². The van der Waals surface area contributed by atoms with E-state index in [-0.39, 0.29) is 18.2 Å². The Bertz CT molecular complexity index is 781. The molecule has 7 heteroatoms. The highest BCUT2D eigenvalue weighted by Crippen LogP contribution is 2.42. The molecule has 25 heavy (non-hydrogen) atoms. The van der Waals surface area contributed by atoms with Gasteiger partial charge in [0.05, 0.1) is 7.11 Å². The number of rotatable bonds is 3. The summed E-state index contributed by atoms with van der Waals surface area (Å²) in [6.07, 6.45) is 0. The van der Waals surface area contributed by atoms with Crippen molar-refractivity contribution in [3.8, 4) is 17.2 Å². The fourth-order valence-corrected chi connectivity index (χ4v) is 4.14. The van der Waals surface area contributed by atoms with Crippen molar-refractivity contribution in [1.82, 2.24) is 4.90 Å². The predicted molar refractivity (Wildman–Crippen MR) is 96.5 cm³/mol. The van der Waals surface area contributed by atoms with Crippen LogP contribution in [0, 0.1) is 0 Å². The van der Waals surface area contributed by atoms with E-state index in [9.17, 15) is 4.79 Å². The van der Waals surface area contributed by atoms with Gasteiger partial charge in [-0.25, -0.2) is 4.79 Å². The molecule has 6 nitrogen and oxygen atoms in total. The number of hydrogen-bond acceptors (Lipinski definition) is 5. The summed E-state index contributed by atoms with van der Waals surface area (Å²) in [6.45, 7) is 0.948. The van der Waals surface area contributed by atoms with Gasteiger partial charge in [0.25, 0.3) is 0 Å². The molecule has 0 bridgehead atoms. The lowest BCUT2D eigenvalue weighted by atomic mass is 10.2. The van der Waals surface area contributed by atoms with Crippen molar-refractivity contribution in [3.05, 3.63) is 48.0 Å². The molecule has 0 aliphatic carbocycles. The van der Waals surface area contributed by atoms with Crippen LogP contribution in [0.15, 0.2) is 42.5 Å². The van der Waals surface area contributed by atoms with E-state index in [1.807, 2.05) is 47.4 Å². The van der Waals surface area contributed by atoms with Crippen LogP contribution in [0.4, 0.5) is 10.5 Å². The molecule has 2 aromatic rings. The summed E-state index contributed by atoms with van der Waals surface area (Å²) in [5.74, 6) is 3.14. The molecule has 2 heterocycles. The summed E-state index contributed by atoms with van der Waals surface area (Å²) in [7, 11) is 1.62. The maximum atomic E-state index is 12.7. The third-order valence-electron chi connectivity index (χ3n) is 4.17. The number of carbonyl (C=O) groups is 1. The molecule has 1 N–H and O–H groups in total. The first-order valence-corrected chi connectivity index (χ1v) is 9.02. The van der Waals surface area contributed by atoms with Crippen LogP contribution in [0.5, 0.6) is 17.2 Å². The number of thioether (sulfide) groups is 1. The van der Waals surface area contributed by atoms with E-state index in [2.05, 4.69) is 5.32 Å². The molecule has 4 rings (SSSR count). The van der Waals surface area contributed by atoms with Crippen LogP contribution >= 0.6 is 11.8 Å². The second-order valence-corrected chi connectivity index (χ2v) is 6.88. The highest BCUT2D eigenvalue weighted by Gasteiger charge is 2.31. The van der Waals surface area contributed by atoms with E-state index in [1.54, 1.807) is 18.9 Å². The molecule has 0 aromatic heterocycles. The van der Waals surface area contributed by atoms with Crippen molar-refractivity contribution in [2.75, 3.05) is 31.5 Å². The van der Waals surface area contributed by atoms with Crippen molar-refractivity contribution < 1.29 is 19.0 Å². The number of carbonyl (C=O) groups excluding carboxylic acids is 1. The van der Waals surface area contributed by atoms with E-state index >= 15 is 0 Å². The quantitative estimate of drug-likeness (QED) is 0.906. The average Bonchev–Trinajstić information content (AvgIpc) is 3.30. The number of benzene rings is 2. The molecular formula is C18H18N2O4S. The number of methoxy groups -OCH3 is 1. The van der Waals surface area contributed by atoms with Crippen molar-refractivity contribution in [2.24, 2.45) is 0 Å². The first-order valence-electron chi connectivity index (χ1n) is 7.97. The molecule has 2 aliphatic rings. The molecule has 1 saturated heterocycles. The normalized spacial score (nSPS) is 18.3. The molecule has 130 valence electrons. The smallest absolute Gasteiger partial charge is 0.323 e. The topological polar surface area (TPSA) is 60.0 Å². The molecule has 0 saturated carbocycles. The van der Waals surface area contributed by atoms with Gasteiger partial charge in [-0.2, -0.15) is 0 Å². The van der Waals surface area contributed by atoms with Gasteiger partial charge >= 0.3 is 6.03 Å². The Kier molecular flexibility index (Phi) is 4.31. The Morgan fingerprint density at radius 2 is 2.00 bits per heavy atom. The number of fused-ring (bicyclic) bond motifs is 1. The van der Waals surface area contributed by atoms with Gasteiger partial charge in [0.15, 0.2) is 11.5 Å². The van der Waals surface area contributed by atoms with Gasteiger partial charge in [-0.3, -0.25) is 0 Å². The molecule has 0 spiro atoms. The molecule has 1 atom stereocenters. The van der Waals surface area contributed by atoms with Gasteiger partial charge < -0.3 is 24.4 Å². The van der Waals surface area contributed by atoms with Crippen molar-refractivity contribution in [3.63, 3.8) is 0 Å². The van der Waals surface area contributed by atoms with Crippen LogP contribution in [-0.2, 0) is 0 Å². The Morgan fingerprint density at radius 3 is 2.80 bits per heavy atom. The standard InChI is InChI=1S/C18H18N2O4S/c1-22-14-5-3-13(4-6-14)19-18(21)20-8-9-25-17(20)12-2-7-15-16(10-12)24-11-23-15/h2-7,10,17H,8-9,11H2,1H3,(H,19,21). The van der Waals surface area contributed by atoms with Crippen LogP contribution in [0.1, 0.15) is 10.9 Å². The molecule has 2 aliphatic heterocycles. The van der Waals surface area contributed by atoms with Crippen LogP contribution in [-0.4, -0.2) is 37.1 Å². The highest BCUT2D eigenvalue weighted by atomic mass is 32.2. The molecule has 1 fully saturated rings. The van der Waals surface area contributed by atoms with Gasteiger partial charge in [0, 0.05) is 18.0 Å². The number of anilines is 1. The van der Waals surface area contributed by atoms with Crippen molar-refractivity contribution in [2.45, 2.75) is 5.37 Å². The minimum Gasteiger partial charge on any atom is -0.497 e. The number of ether oxygens (including phenoxy) is 3. The first kappa shape index (κ1) is 16.0. The van der Waals surface area contributed by atoms with Crippen molar-refractivity contribution in [1.29, 1.82) is 0 Å². The van der Waals surface area contributed by atoms with Crippen LogP contribution in [0.3, 0.4) is 0 Å². The summed E-state index contributed by atoms with van der Waals surface area (Å²) >= 11 is 1.74. The lowest BCUT2D eigenvalue weighted by Gasteiger charge is -2.24. The summed E-state index contributed by atoms with van der Waals surface area (Å²) < 4.78 is 15.9. The second kappa shape index (κ2) is 6.76. The van der Waals surface area contributed by atoms with Crippen LogP contribution < -0.4 is 19.5 Å². The van der Waals surface area contributed by atoms with Gasteiger partial charge in [-0.05, 0) is 42.0 Å².